The van der Waals surface area contributed by atoms with Gasteiger partial charge in [-0.2, -0.15) is 0 Å². The number of carbonyl (C=O) groups excluding carboxylic acids is 1. The molecule has 0 saturated carbocycles. The van der Waals surface area contributed by atoms with Gasteiger partial charge in [-0.05, 0) is 42.0 Å². The predicted molar refractivity (Wildman–Crippen MR) is 110 cm³/mol. The minimum atomic E-state index is -0.293. The minimum absolute atomic E-state index is 0.0502. The van der Waals surface area contributed by atoms with Crippen LogP contribution in [0.15, 0.2) is 71.5 Å². The van der Waals surface area contributed by atoms with Gasteiger partial charge in [0.25, 0.3) is 11.5 Å². The van der Waals surface area contributed by atoms with E-state index in [9.17, 15) is 14.7 Å². The molecule has 2 aromatic heterocycles. The van der Waals surface area contributed by atoms with Crippen molar-refractivity contribution in [2.75, 3.05) is 7.11 Å². The van der Waals surface area contributed by atoms with Crippen LogP contribution in [0, 0.1) is 0 Å². The standard InChI is InChI=1S/C22H19N3O4/c1-29-18-7-2-4-14(10-18)13-23-22(28)19-11-15-8-9-20(27)25(21(15)24-19)16-5-3-6-17(26)12-16/h2-12,24,26H,13H2,1H3,(H,23,28). The van der Waals surface area contributed by atoms with Gasteiger partial charge in [-0.1, -0.05) is 18.2 Å². The highest BCUT2D eigenvalue weighted by Crippen LogP contribution is 2.20. The third kappa shape index (κ3) is 3.70. The van der Waals surface area contributed by atoms with Crippen molar-refractivity contribution in [3.05, 3.63) is 88.3 Å². The highest BCUT2D eigenvalue weighted by molar-refractivity contribution is 5.97. The Labute approximate surface area is 166 Å². The molecule has 1 amide bonds. The van der Waals surface area contributed by atoms with E-state index in [0.717, 1.165) is 11.3 Å². The van der Waals surface area contributed by atoms with E-state index in [1.54, 1.807) is 31.4 Å². The van der Waals surface area contributed by atoms with Crippen molar-refractivity contribution < 1.29 is 14.6 Å². The quantitative estimate of drug-likeness (QED) is 0.489. The molecule has 7 nitrogen and oxygen atoms in total. The Morgan fingerprint density at radius 3 is 2.72 bits per heavy atom. The number of carbonyl (C=O) groups is 1. The lowest BCUT2D eigenvalue weighted by atomic mass is 10.2. The van der Waals surface area contributed by atoms with Gasteiger partial charge in [0.1, 0.15) is 22.8 Å². The molecule has 0 bridgehead atoms. The summed E-state index contributed by atoms with van der Waals surface area (Å²) in [6, 6.07) is 18.6. The topological polar surface area (TPSA) is 96.3 Å². The highest BCUT2D eigenvalue weighted by atomic mass is 16.5. The molecule has 29 heavy (non-hydrogen) atoms. The Hall–Kier alpha value is -4.00. The number of hydrogen-bond acceptors (Lipinski definition) is 4. The first kappa shape index (κ1) is 18.4. The number of hydrogen-bond donors (Lipinski definition) is 3. The van der Waals surface area contributed by atoms with Crippen molar-refractivity contribution in [3.8, 4) is 17.2 Å². The number of benzene rings is 2. The zero-order chi connectivity index (χ0) is 20.4. The summed E-state index contributed by atoms with van der Waals surface area (Å²) in [5.74, 6) is 0.477. The summed E-state index contributed by atoms with van der Waals surface area (Å²) >= 11 is 0. The van der Waals surface area contributed by atoms with Crippen LogP contribution in [0.4, 0.5) is 0 Å². The number of fused-ring (bicyclic) bond motifs is 1. The van der Waals surface area contributed by atoms with Crippen LogP contribution in [0.3, 0.4) is 0 Å². The maximum atomic E-state index is 12.6. The molecule has 0 aliphatic rings. The number of pyridine rings is 1. The number of H-pyrrole nitrogens is 1. The van der Waals surface area contributed by atoms with Crippen LogP contribution in [0.2, 0.25) is 0 Å². The SMILES string of the molecule is COc1cccc(CNC(=O)c2cc3ccc(=O)n(-c4cccc(O)c4)c3[nH]2)c1. The molecule has 7 heteroatoms. The average Bonchev–Trinajstić information content (AvgIpc) is 3.16. The summed E-state index contributed by atoms with van der Waals surface area (Å²) in [6.45, 7) is 0.338. The van der Waals surface area contributed by atoms with E-state index >= 15 is 0 Å². The molecule has 4 aromatic rings. The molecule has 4 rings (SSSR count). The van der Waals surface area contributed by atoms with Crippen LogP contribution in [0.1, 0.15) is 16.1 Å². The van der Waals surface area contributed by atoms with E-state index in [4.69, 9.17) is 4.74 Å². The number of aromatic hydroxyl groups is 1. The molecule has 0 unspecified atom stereocenters. The zero-order valence-corrected chi connectivity index (χ0v) is 15.7. The molecule has 0 saturated heterocycles. The van der Waals surface area contributed by atoms with Gasteiger partial charge in [-0.15, -0.1) is 0 Å². The van der Waals surface area contributed by atoms with E-state index in [2.05, 4.69) is 10.3 Å². The smallest absolute Gasteiger partial charge is 0.268 e. The molecule has 2 heterocycles. The van der Waals surface area contributed by atoms with Crippen LogP contribution in [0.5, 0.6) is 11.5 Å². The van der Waals surface area contributed by atoms with Gasteiger partial charge in [-0.25, -0.2) is 0 Å². The van der Waals surface area contributed by atoms with E-state index in [1.165, 1.54) is 22.8 Å². The van der Waals surface area contributed by atoms with Gasteiger partial charge in [0.05, 0.1) is 12.8 Å². The number of phenolic OH excluding ortho intramolecular Hbond substituents is 1. The van der Waals surface area contributed by atoms with Crippen LogP contribution >= 0.6 is 0 Å². The van der Waals surface area contributed by atoms with Gasteiger partial charge in [0.15, 0.2) is 0 Å². The maximum Gasteiger partial charge on any atom is 0.268 e. The number of aromatic amines is 1. The molecular weight excluding hydrogens is 370 g/mol. The summed E-state index contributed by atoms with van der Waals surface area (Å²) in [4.78, 5) is 28.1. The van der Waals surface area contributed by atoms with E-state index < -0.39 is 0 Å². The molecule has 0 atom stereocenters. The number of rotatable bonds is 5. The predicted octanol–water partition coefficient (Wildman–Crippen LogP) is 2.96. The Morgan fingerprint density at radius 2 is 1.93 bits per heavy atom. The second kappa shape index (κ2) is 7.55. The van der Waals surface area contributed by atoms with Crippen LogP contribution in [-0.2, 0) is 6.54 Å². The molecule has 0 aliphatic heterocycles. The highest BCUT2D eigenvalue weighted by Gasteiger charge is 2.14. The molecular formula is C22H19N3O4. The van der Waals surface area contributed by atoms with Crippen molar-refractivity contribution in [3.63, 3.8) is 0 Å². The van der Waals surface area contributed by atoms with Crippen molar-refractivity contribution in [1.29, 1.82) is 0 Å². The number of nitrogens with one attached hydrogen (secondary N) is 2. The lowest BCUT2D eigenvalue weighted by Crippen LogP contribution is -2.23. The van der Waals surface area contributed by atoms with Crippen molar-refractivity contribution >= 4 is 16.9 Å². The lowest BCUT2D eigenvalue weighted by molar-refractivity contribution is 0.0946. The van der Waals surface area contributed by atoms with Crippen molar-refractivity contribution in [2.24, 2.45) is 0 Å². The van der Waals surface area contributed by atoms with Crippen LogP contribution in [0.25, 0.3) is 16.7 Å². The second-order valence-electron chi connectivity index (χ2n) is 6.55. The number of aromatic nitrogens is 2. The number of phenols is 1. The average molecular weight is 389 g/mol. The minimum Gasteiger partial charge on any atom is -0.508 e. The van der Waals surface area contributed by atoms with Gasteiger partial charge >= 0.3 is 0 Å². The summed E-state index contributed by atoms with van der Waals surface area (Å²) in [6.07, 6.45) is 0. The molecule has 0 spiro atoms. The number of amides is 1. The molecule has 3 N–H and O–H groups in total. The van der Waals surface area contributed by atoms with Crippen LogP contribution in [-0.4, -0.2) is 27.7 Å². The summed E-state index contributed by atoms with van der Waals surface area (Å²) in [5.41, 5.74) is 1.96. The second-order valence-corrected chi connectivity index (χ2v) is 6.55. The van der Waals surface area contributed by atoms with Crippen molar-refractivity contribution in [1.82, 2.24) is 14.9 Å². The van der Waals surface area contributed by atoms with E-state index in [1.807, 2.05) is 24.3 Å². The fraction of sp³-hybridized carbons (Fsp3) is 0.0909. The third-order valence-electron chi connectivity index (χ3n) is 4.60. The first-order valence-electron chi connectivity index (χ1n) is 9.00. The monoisotopic (exact) mass is 389 g/mol. The lowest BCUT2D eigenvalue weighted by Gasteiger charge is -2.08. The first-order chi connectivity index (χ1) is 14.0. The van der Waals surface area contributed by atoms with Crippen molar-refractivity contribution in [2.45, 2.75) is 6.54 Å². The van der Waals surface area contributed by atoms with Gasteiger partial charge in [0, 0.05) is 24.1 Å². The van der Waals surface area contributed by atoms with Gasteiger partial charge in [0.2, 0.25) is 0 Å². The van der Waals surface area contributed by atoms with E-state index in [0.29, 0.717) is 29.0 Å². The van der Waals surface area contributed by atoms with Crippen LogP contribution < -0.4 is 15.6 Å². The Bertz CT molecular complexity index is 1260. The molecule has 0 fully saturated rings. The summed E-state index contributed by atoms with van der Waals surface area (Å²) in [5, 5.41) is 13.3. The molecule has 2 aromatic carbocycles. The largest absolute Gasteiger partial charge is 0.508 e. The molecule has 0 aliphatic carbocycles. The number of nitrogens with zero attached hydrogens (tertiary/aromatic N) is 1. The maximum absolute atomic E-state index is 12.6. The van der Waals surface area contributed by atoms with E-state index in [-0.39, 0.29) is 17.2 Å². The fourth-order valence-electron chi connectivity index (χ4n) is 3.19. The normalized spacial score (nSPS) is 10.8. The Morgan fingerprint density at radius 1 is 1.10 bits per heavy atom. The molecule has 146 valence electrons. The third-order valence-corrected chi connectivity index (χ3v) is 4.60. The molecule has 0 radical (unpaired) electrons. The first-order valence-corrected chi connectivity index (χ1v) is 9.00. The van der Waals surface area contributed by atoms with Gasteiger partial charge in [-0.3, -0.25) is 14.2 Å². The number of methoxy groups -OCH3 is 1. The summed E-state index contributed by atoms with van der Waals surface area (Å²) in [7, 11) is 1.59. The Kier molecular flexibility index (Phi) is 4.78. The summed E-state index contributed by atoms with van der Waals surface area (Å²) < 4.78 is 6.62. The number of ether oxygens (including phenoxy) is 1. The Balaban J connectivity index is 1.64. The van der Waals surface area contributed by atoms with Gasteiger partial charge < -0.3 is 20.1 Å². The zero-order valence-electron chi connectivity index (χ0n) is 15.7. The fourth-order valence-corrected chi connectivity index (χ4v) is 3.19.